The second-order valence-electron chi connectivity index (χ2n) is 11.7. The molecule has 1 amide bonds. The molecule has 1 unspecified atom stereocenters. The van der Waals surface area contributed by atoms with Crippen LogP contribution < -0.4 is 21.1 Å². The van der Waals surface area contributed by atoms with E-state index in [4.69, 9.17) is 22.1 Å². The van der Waals surface area contributed by atoms with Crippen LogP contribution in [0.3, 0.4) is 0 Å². The Morgan fingerprint density at radius 1 is 1.18 bits per heavy atom. The number of hydrogen-bond acceptors (Lipinski definition) is 7. The van der Waals surface area contributed by atoms with Gasteiger partial charge in [-0.1, -0.05) is 35.9 Å². The summed E-state index contributed by atoms with van der Waals surface area (Å²) in [6, 6.07) is 13.9. The summed E-state index contributed by atoms with van der Waals surface area (Å²) < 4.78 is 48.3. The number of nitrogens with two attached hydrogens (primary N) is 1. The number of fused-ring (bicyclic) bond motifs is 2. The van der Waals surface area contributed by atoms with Gasteiger partial charge in [-0.15, -0.1) is 0 Å². The molecule has 0 saturated carbocycles. The number of anilines is 1. The number of hydrogen-bond donors (Lipinski definition) is 3. The number of carbonyl (C=O) groups is 1. The van der Waals surface area contributed by atoms with Gasteiger partial charge < -0.3 is 21.1 Å². The van der Waals surface area contributed by atoms with Crippen molar-refractivity contribution < 1.29 is 22.3 Å². The summed E-state index contributed by atoms with van der Waals surface area (Å²) in [4.78, 5) is 18.1. The van der Waals surface area contributed by atoms with Gasteiger partial charge in [0.15, 0.2) is 0 Å². The molecular weight excluding hydrogens is 605 g/mol. The van der Waals surface area contributed by atoms with Crippen molar-refractivity contribution in [2.75, 3.05) is 24.2 Å². The monoisotopic (exact) mass is 643 g/mol. The van der Waals surface area contributed by atoms with Crippen LogP contribution in [0, 0.1) is 5.82 Å². The van der Waals surface area contributed by atoms with Gasteiger partial charge in [-0.25, -0.2) is 17.8 Å². The van der Waals surface area contributed by atoms with E-state index in [1.165, 1.54) is 12.1 Å². The third-order valence-electron chi connectivity index (χ3n) is 8.23. The summed E-state index contributed by atoms with van der Waals surface area (Å²) in [6.07, 6.45) is 3.66. The normalized spacial score (nSPS) is 22.5. The molecule has 0 radical (unpaired) electrons. The average Bonchev–Trinajstić information content (AvgIpc) is 3.10. The summed E-state index contributed by atoms with van der Waals surface area (Å²) in [5, 5.41) is 6.84. The summed E-state index contributed by atoms with van der Waals surface area (Å²) in [7, 11) is -3.38. The Labute approximate surface area is 263 Å². The van der Waals surface area contributed by atoms with Crippen molar-refractivity contribution in [1.82, 2.24) is 14.6 Å². The Kier molecular flexibility index (Phi) is 10.2. The zero-order valence-electron chi connectivity index (χ0n) is 24.9. The maximum absolute atomic E-state index is 15.2. The van der Waals surface area contributed by atoms with Crippen LogP contribution in [-0.2, 0) is 21.2 Å². The van der Waals surface area contributed by atoms with Crippen LogP contribution >= 0.6 is 11.6 Å². The summed E-state index contributed by atoms with van der Waals surface area (Å²) in [5.74, 6) is -0.983. The lowest BCUT2D eigenvalue weighted by Crippen LogP contribution is -2.57. The summed E-state index contributed by atoms with van der Waals surface area (Å²) >= 11 is 6.14. The first-order chi connectivity index (χ1) is 21.0. The van der Waals surface area contributed by atoms with Gasteiger partial charge >= 0.3 is 0 Å². The highest BCUT2D eigenvalue weighted by Crippen LogP contribution is 2.31. The Morgan fingerprint density at radius 2 is 1.93 bits per heavy atom. The molecule has 2 bridgehead atoms. The van der Waals surface area contributed by atoms with Crippen LogP contribution in [0.1, 0.15) is 55.7 Å². The second kappa shape index (κ2) is 13.9. The number of benzene rings is 2. The zero-order valence-corrected chi connectivity index (χ0v) is 26.5. The molecule has 0 spiro atoms. The van der Waals surface area contributed by atoms with Crippen LogP contribution in [0.4, 0.5) is 10.1 Å². The van der Waals surface area contributed by atoms with E-state index in [0.29, 0.717) is 53.6 Å². The van der Waals surface area contributed by atoms with Crippen LogP contribution in [0.2, 0.25) is 5.02 Å². The fraction of sp³-hybridized carbons (Fsp3) is 0.438. The molecule has 2 aliphatic rings. The van der Waals surface area contributed by atoms with E-state index in [0.717, 1.165) is 12.0 Å². The van der Waals surface area contributed by atoms with E-state index < -0.39 is 33.7 Å². The number of halogens is 2. The van der Waals surface area contributed by atoms with Gasteiger partial charge in [0.25, 0.3) is 0 Å². The molecule has 12 heteroatoms. The predicted octanol–water partition coefficient (Wildman–Crippen LogP) is 4.46. The predicted molar refractivity (Wildman–Crippen MR) is 170 cm³/mol. The van der Waals surface area contributed by atoms with Gasteiger partial charge in [0, 0.05) is 59.6 Å². The van der Waals surface area contributed by atoms with E-state index in [9.17, 15) is 13.2 Å². The first kappa shape index (κ1) is 32.3. The fourth-order valence-corrected chi connectivity index (χ4v) is 7.95. The largest absolute Gasteiger partial charge is 0.475 e. The molecule has 44 heavy (non-hydrogen) atoms. The molecule has 4 N–H and O–H groups in total. The number of pyridine rings is 1. The highest BCUT2D eigenvalue weighted by atomic mass is 35.5. The lowest BCUT2D eigenvalue weighted by molar-refractivity contribution is -0.117. The molecule has 2 aliphatic heterocycles. The highest BCUT2D eigenvalue weighted by molar-refractivity contribution is 7.89. The third-order valence-corrected chi connectivity index (χ3v) is 10.5. The molecule has 5 rings (SSSR count). The average molecular weight is 644 g/mol. The first-order valence-electron chi connectivity index (χ1n) is 15.0. The number of nitrogens with one attached hydrogen (secondary N) is 2. The van der Waals surface area contributed by atoms with Gasteiger partial charge in [0.2, 0.25) is 21.8 Å². The molecule has 9 nitrogen and oxygen atoms in total. The fourth-order valence-electron chi connectivity index (χ4n) is 6.02. The minimum Gasteiger partial charge on any atom is -0.475 e. The topological polar surface area (TPSA) is 127 Å². The number of piperazine rings is 1. The minimum atomic E-state index is -3.38. The van der Waals surface area contributed by atoms with Gasteiger partial charge in [0.05, 0.1) is 17.9 Å². The molecule has 1 aromatic heterocycles. The van der Waals surface area contributed by atoms with Crippen molar-refractivity contribution in [2.24, 2.45) is 5.73 Å². The molecule has 2 saturated heterocycles. The van der Waals surface area contributed by atoms with Crippen molar-refractivity contribution >= 4 is 33.2 Å². The molecule has 5 atom stereocenters. The Morgan fingerprint density at radius 3 is 2.64 bits per heavy atom. The van der Waals surface area contributed by atoms with E-state index in [2.05, 4.69) is 15.6 Å². The lowest BCUT2D eigenvalue weighted by atomic mass is 9.85. The van der Waals surface area contributed by atoms with Crippen molar-refractivity contribution in [2.45, 2.75) is 69.7 Å². The molecule has 236 valence electrons. The Hall–Kier alpha value is -3.09. The zero-order chi connectivity index (χ0) is 31.4. The maximum Gasteiger partial charge on any atom is 0.242 e. The molecular formula is C32H39ClFN5O4S. The molecule has 3 heterocycles. The van der Waals surface area contributed by atoms with Gasteiger partial charge in [0.1, 0.15) is 5.82 Å². The van der Waals surface area contributed by atoms with Crippen LogP contribution in [0.25, 0.3) is 0 Å². The van der Waals surface area contributed by atoms with Crippen molar-refractivity contribution in [3.8, 4) is 5.88 Å². The molecule has 0 aliphatic carbocycles. The van der Waals surface area contributed by atoms with Crippen LogP contribution in [0.5, 0.6) is 5.88 Å². The Balaban J connectivity index is 1.36. The number of sulfonamides is 1. The standard InChI is InChI=1S/C32H39ClFN5O4S/c1-20(2)43-29-15-10-22(17-37-29)30(21-8-11-23(33)12-9-21)31(35)32(40)38-28-7-3-6-27(34)26(28)14-13-25-18-36-24-5-4-16-44(41,42)39(25)19-24/h3,6-12,15,17,20,24-25,30-31,36H,4-5,13-14,16,18-19,35H2,1-2H3,(H,38,40)/t24-,25+,30+,31+/m1/s1. The first-order valence-corrected chi connectivity index (χ1v) is 17.0. The van der Waals surface area contributed by atoms with Gasteiger partial charge in [-0.2, -0.15) is 4.31 Å². The van der Waals surface area contributed by atoms with E-state index >= 15 is 4.39 Å². The van der Waals surface area contributed by atoms with E-state index in [1.54, 1.807) is 34.8 Å². The van der Waals surface area contributed by atoms with Crippen LogP contribution in [0.15, 0.2) is 60.8 Å². The SMILES string of the molecule is CC(C)Oc1ccc([C@H](c2ccc(Cl)cc2)[C@H](N)C(=O)Nc2cccc(F)c2CC[C@H]2CN[C@@H]3CCCS(=O)(=O)N2C3)cn1. The van der Waals surface area contributed by atoms with Crippen molar-refractivity contribution in [3.05, 3.63) is 88.3 Å². The number of rotatable bonds is 10. The molecule has 3 aromatic rings. The summed E-state index contributed by atoms with van der Waals surface area (Å²) in [6.45, 7) is 4.74. The Bertz CT molecular complexity index is 1560. The minimum absolute atomic E-state index is 0.0473. The number of ether oxygens (including phenoxy) is 1. The highest BCUT2D eigenvalue weighted by Gasteiger charge is 2.38. The molecule has 2 aromatic carbocycles. The smallest absolute Gasteiger partial charge is 0.242 e. The van der Waals surface area contributed by atoms with Crippen LogP contribution in [-0.4, -0.2) is 66.7 Å². The van der Waals surface area contributed by atoms with Crippen molar-refractivity contribution in [1.29, 1.82) is 0 Å². The quantitative estimate of drug-likeness (QED) is 0.298. The van der Waals surface area contributed by atoms with Gasteiger partial charge in [-0.3, -0.25) is 4.79 Å². The molecule has 2 fully saturated rings. The van der Waals surface area contributed by atoms with Crippen molar-refractivity contribution in [3.63, 3.8) is 0 Å². The summed E-state index contributed by atoms with van der Waals surface area (Å²) in [5.41, 5.74) is 8.71. The third kappa shape index (κ3) is 7.58. The number of nitrogens with zero attached hydrogens (tertiary/aromatic N) is 2. The maximum atomic E-state index is 15.2. The van der Waals surface area contributed by atoms with Gasteiger partial charge in [-0.05, 0) is 74.9 Å². The second-order valence-corrected chi connectivity index (χ2v) is 14.2. The lowest BCUT2D eigenvalue weighted by Gasteiger charge is -2.37. The van der Waals surface area contributed by atoms with E-state index in [1.807, 2.05) is 32.0 Å². The number of aromatic nitrogens is 1. The number of carbonyl (C=O) groups excluding carboxylic acids is 1. The number of amides is 1. The van der Waals surface area contributed by atoms with E-state index in [-0.39, 0.29) is 30.4 Å².